The van der Waals surface area contributed by atoms with E-state index in [0.717, 1.165) is 27.6 Å². The average Bonchev–Trinajstić information content (AvgIpc) is 3.05. The van der Waals surface area contributed by atoms with Crippen molar-refractivity contribution >= 4 is 34.2 Å². The van der Waals surface area contributed by atoms with Gasteiger partial charge in [0, 0.05) is 24.5 Å². The molecule has 6 nitrogen and oxygen atoms in total. The first-order valence-corrected chi connectivity index (χ1v) is 10.3. The van der Waals surface area contributed by atoms with Crippen LogP contribution in [0.25, 0.3) is 10.8 Å². The zero-order valence-corrected chi connectivity index (χ0v) is 17.9. The minimum absolute atomic E-state index is 0.125. The fraction of sp³-hybridized carbons (Fsp3) is 0.240. The molecule has 1 N–H and O–H groups in total. The molecule has 3 aromatic carbocycles. The van der Waals surface area contributed by atoms with Crippen molar-refractivity contribution in [3.8, 4) is 0 Å². The average molecular weight is 415 g/mol. The first-order valence-electron chi connectivity index (χ1n) is 10.3. The van der Waals surface area contributed by atoms with Gasteiger partial charge in [-0.25, -0.2) is 0 Å². The summed E-state index contributed by atoms with van der Waals surface area (Å²) in [5, 5.41) is 4.45. The van der Waals surface area contributed by atoms with Crippen molar-refractivity contribution in [2.24, 2.45) is 0 Å². The highest BCUT2D eigenvalue weighted by Crippen LogP contribution is 2.37. The fourth-order valence-electron chi connectivity index (χ4n) is 4.04. The number of benzene rings is 3. The van der Waals surface area contributed by atoms with Crippen molar-refractivity contribution in [3.05, 3.63) is 77.4 Å². The summed E-state index contributed by atoms with van der Waals surface area (Å²) in [6.45, 7) is 3.86. The van der Waals surface area contributed by atoms with E-state index in [2.05, 4.69) is 5.32 Å². The standard InChI is InChI=1S/C25H25N3O3/c1-16-10-12-18(13-11-16)14-27(17(2)24(30)26-3)22(29)15-28-21-9-5-7-19-6-4-8-20(23(19)21)25(28)31/h4-13,17H,14-15H2,1-3H3,(H,26,30)/t17-/m0/s1. The van der Waals surface area contributed by atoms with Gasteiger partial charge in [-0.05, 0) is 36.9 Å². The molecular weight excluding hydrogens is 390 g/mol. The summed E-state index contributed by atoms with van der Waals surface area (Å²) in [5.41, 5.74) is 3.38. The van der Waals surface area contributed by atoms with Crippen LogP contribution in [0.2, 0.25) is 0 Å². The Morgan fingerprint density at radius 3 is 2.39 bits per heavy atom. The monoisotopic (exact) mass is 415 g/mol. The van der Waals surface area contributed by atoms with E-state index in [1.54, 1.807) is 20.0 Å². The molecule has 0 radical (unpaired) electrons. The molecule has 0 aromatic heterocycles. The van der Waals surface area contributed by atoms with Crippen LogP contribution in [0.4, 0.5) is 5.69 Å². The van der Waals surface area contributed by atoms with Crippen molar-refractivity contribution in [1.29, 1.82) is 0 Å². The summed E-state index contributed by atoms with van der Waals surface area (Å²) in [7, 11) is 1.55. The number of nitrogens with zero attached hydrogens (tertiary/aromatic N) is 2. The van der Waals surface area contributed by atoms with Gasteiger partial charge in [0.2, 0.25) is 11.8 Å². The quantitative estimate of drug-likeness (QED) is 0.672. The molecule has 3 aromatic rings. The van der Waals surface area contributed by atoms with Gasteiger partial charge in [0.1, 0.15) is 12.6 Å². The Morgan fingerprint density at radius 2 is 1.71 bits per heavy atom. The molecule has 0 bridgehead atoms. The van der Waals surface area contributed by atoms with Crippen LogP contribution >= 0.6 is 0 Å². The molecule has 1 atom stereocenters. The Balaban J connectivity index is 1.63. The molecule has 0 saturated heterocycles. The SMILES string of the molecule is CNC(=O)[C@H](C)N(Cc1ccc(C)cc1)C(=O)CN1C(=O)c2cccc3cccc1c23. The van der Waals surface area contributed by atoms with Gasteiger partial charge in [-0.3, -0.25) is 19.3 Å². The number of rotatable bonds is 6. The third-order valence-corrected chi connectivity index (χ3v) is 5.83. The largest absolute Gasteiger partial charge is 0.357 e. The lowest BCUT2D eigenvalue weighted by atomic mass is 10.1. The number of aryl methyl sites for hydroxylation is 1. The van der Waals surface area contributed by atoms with Gasteiger partial charge >= 0.3 is 0 Å². The number of hydrogen-bond acceptors (Lipinski definition) is 3. The topological polar surface area (TPSA) is 69.7 Å². The zero-order valence-electron chi connectivity index (χ0n) is 17.9. The van der Waals surface area contributed by atoms with Crippen LogP contribution in [-0.2, 0) is 16.1 Å². The molecular formula is C25H25N3O3. The summed E-state index contributed by atoms with van der Waals surface area (Å²) >= 11 is 0. The molecule has 31 heavy (non-hydrogen) atoms. The maximum atomic E-state index is 13.4. The highest BCUT2D eigenvalue weighted by Gasteiger charge is 2.34. The van der Waals surface area contributed by atoms with Gasteiger partial charge in [-0.2, -0.15) is 0 Å². The van der Waals surface area contributed by atoms with Gasteiger partial charge in [0.05, 0.1) is 5.69 Å². The van der Waals surface area contributed by atoms with E-state index in [0.29, 0.717) is 5.56 Å². The molecule has 0 unspecified atom stereocenters. The number of anilines is 1. The minimum atomic E-state index is -0.672. The third kappa shape index (κ3) is 3.77. The Hall–Kier alpha value is -3.67. The lowest BCUT2D eigenvalue weighted by Crippen LogP contribution is -2.50. The van der Waals surface area contributed by atoms with Gasteiger partial charge in [0.25, 0.3) is 5.91 Å². The van der Waals surface area contributed by atoms with E-state index in [1.165, 1.54) is 9.80 Å². The van der Waals surface area contributed by atoms with E-state index in [-0.39, 0.29) is 30.8 Å². The lowest BCUT2D eigenvalue weighted by Gasteiger charge is -2.30. The highest BCUT2D eigenvalue weighted by molar-refractivity contribution is 6.26. The van der Waals surface area contributed by atoms with Crippen molar-refractivity contribution in [3.63, 3.8) is 0 Å². The molecule has 4 rings (SSSR count). The predicted molar refractivity (Wildman–Crippen MR) is 121 cm³/mol. The van der Waals surface area contributed by atoms with Crippen LogP contribution < -0.4 is 10.2 Å². The van der Waals surface area contributed by atoms with Gasteiger partial charge in [-0.15, -0.1) is 0 Å². The Kier molecular flexibility index (Phi) is 5.46. The predicted octanol–water partition coefficient (Wildman–Crippen LogP) is 3.27. The summed E-state index contributed by atoms with van der Waals surface area (Å²) < 4.78 is 0. The van der Waals surface area contributed by atoms with Crippen molar-refractivity contribution in [2.45, 2.75) is 26.4 Å². The summed E-state index contributed by atoms with van der Waals surface area (Å²) in [6, 6.07) is 18.5. The van der Waals surface area contributed by atoms with Crippen LogP contribution in [0.1, 0.15) is 28.4 Å². The van der Waals surface area contributed by atoms with Crippen LogP contribution in [0.3, 0.4) is 0 Å². The smallest absolute Gasteiger partial charge is 0.259 e. The van der Waals surface area contributed by atoms with E-state index in [9.17, 15) is 14.4 Å². The summed E-state index contributed by atoms with van der Waals surface area (Å²) in [5.74, 6) is -0.725. The molecule has 0 aliphatic carbocycles. The van der Waals surface area contributed by atoms with Gasteiger partial charge < -0.3 is 10.2 Å². The van der Waals surface area contributed by atoms with Crippen LogP contribution in [0.5, 0.6) is 0 Å². The second kappa shape index (κ2) is 8.22. The second-order valence-corrected chi connectivity index (χ2v) is 7.87. The minimum Gasteiger partial charge on any atom is -0.357 e. The molecule has 0 fully saturated rings. The van der Waals surface area contributed by atoms with E-state index in [1.807, 2.05) is 61.5 Å². The van der Waals surface area contributed by atoms with Crippen molar-refractivity contribution in [1.82, 2.24) is 10.2 Å². The van der Waals surface area contributed by atoms with Gasteiger partial charge in [0.15, 0.2) is 0 Å². The molecule has 158 valence electrons. The number of amides is 3. The molecule has 1 aliphatic rings. The molecule has 0 saturated carbocycles. The van der Waals surface area contributed by atoms with Crippen LogP contribution in [0.15, 0.2) is 60.7 Å². The Bertz CT molecular complexity index is 1170. The maximum Gasteiger partial charge on any atom is 0.259 e. The molecule has 1 aliphatic heterocycles. The number of carbonyl (C=O) groups excluding carboxylic acids is 3. The summed E-state index contributed by atoms with van der Waals surface area (Å²) in [6.07, 6.45) is 0. The molecule has 6 heteroatoms. The highest BCUT2D eigenvalue weighted by atomic mass is 16.2. The number of nitrogens with one attached hydrogen (secondary N) is 1. The van der Waals surface area contributed by atoms with E-state index in [4.69, 9.17) is 0 Å². The molecule has 1 heterocycles. The Morgan fingerprint density at radius 1 is 1.03 bits per heavy atom. The zero-order chi connectivity index (χ0) is 22.1. The van der Waals surface area contributed by atoms with E-state index >= 15 is 0 Å². The summed E-state index contributed by atoms with van der Waals surface area (Å²) in [4.78, 5) is 41.9. The van der Waals surface area contributed by atoms with Crippen molar-refractivity contribution < 1.29 is 14.4 Å². The van der Waals surface area contributed by atoms with Crippen molar-refractivity contribution in [2.75, 3.05) is 18.5 Å². The van der Waals surface area contributed by atoms with Crippen LogP contribution in [0, 0.1) is 6.92 Å². The third-order valence-electron chi connectivity index (χ3n) is 5.83. The number of likely N-dealkylation sites (N-methyl/N-ethyl adjacent to an activating group) is 1. The second-order valence-electron chi connectivity index (χ2n) is 7.87. The Labute approximate surface area is 181 Å². The normalized spacial score (nSPS) is 13.4. The molecule has 0 spiro atoms. The first-order chi connectivity index (χ1) is 14.9. The lowest BCUT2D eigenvalue weighted by molar-refractivity contribution is -0.139. The van der Waals surface area contributed by atoms with E-state index < -0.39 is 6.04 Å². The number of hydrogen-bond donors (Lipinski definition) is 1. The van der Waals surface area contributed by atoms with Crippen LogP contribution in [-0.4, -0.2) is 42.3 Å². The van der Waals surface area contributed by atoms with Gasteiger partial charge in [-0.1, -0.05) is 54.1 Å². The number of carbonyl (C=O) groups is 3. The molecule has 3 amide bonds. The fourth-order valence-corrected chi connectivity index (χ4v) is 4.04. The first kappa shape index (κ1) is 20.6. The maximum absolute atomic E-state index is 13.4.